The number of aryl methyl sites for hydroxylation is 2. The molecule has 1 fully saturated rings. The lowest BCUT2D eigenvalue weighted by Gasteiger charge is -2.35. The fourth-order valence-electron chi connectivity index (χ4n) is 3.12. The Labute approximate surface area is 162 Å². The molecule has 2 N–H and O–H groups in total. The van der Waals surface area contributed by atoms with Crippen LogP contribution in [0.5, 0.6) is 0 Å². The number of amides is 3. The number of anilines is 1. The van der Waals surface area contributed by atoms with Crippen molar-refractivity contribution in [3.05, 3.63) is 65.0 Å². The third kappa shape index (κ3) is 4.36. The molecule has 7 heteroatoms. The number of nitrogens with one attached hydrogen (secondary N) is 2. The first-order valence-electron chi connectivity index (χ1n) is 9.06. The van der Waals surface area contributed by atoms with Crippen molar-refractivity contribution in [1.29, 1.82) is 0 Å². The van der Waals surface area contributed by atoms with Crippen LogP contribution in [0.2, 0.25) is 0 Å². The Hall–Kier alpha value is -3.22. The molecule has 0 unspecified atom stereocenters. The number of halogens is 1. The number of carbonyl (C=O) groups excluding carboxylic acids is 3. The van der Waals surface area contributed by atoms with Gasteiger partial charge in [-0.3, -0.25) is 14.4 Å². The number of hydrogen-bond donors (Lipinski definition) is 2. The zero-order chi connectivity index (χ0) is 20.3. The summed E-state index contributed by atoms with van der Waals surface area (Å²) in [6.45, 7) is 4.54. The highest BCUT2D eigenvalue weighted by atomic mass is 19.1. The summed E-state index contributed by atoms with van der Waals surface area (Å²) in [5.41, 5.74) is 2.97. The molecule has 0 radical (unpaired) electrons. The van der Waals surface area contributed by atoms with E-state index in [1.54, 1.807) is 12.1 Å². The van der Waals surface area contributed by atoms with E-state index in [0.29, 0.717) is 24.3 Å². The lowest BCUT2D eigenvalue weighted by Crippen LogP contribution is -2.58. The molecule has 28 heavy (non-hydrogen) atoms. The fraction of sp³-hybridized carbons (Fsp3) is 0.286. The van der Waals surface area contributed by atoms with E-state index in [1.165, 1.54) is 29.2 Å². The van der Waals surface area contributed by atoms with Crippen LogP contribution in [-0.4, -0.2) is 41.8 Å². The molecule has 1 saturated heterocycles. The Morgan fingerprint density at radius 3 is 2.54 bits per heavy atom. The van der Waals surface area contributed by atoms with Gasteiger partial charge in [-0.1, -0.05) is 6.07 Å². The summed E-state index contributed by atoms with van der Waals surface area (Å²) in [6, 6.07) is 9.83. The monoisotopic (exact) mass is 383 g/mol. The van der Waals surface area contributed by atoms with Crippen LogP contribution < -0.4 is 10.6 Å². The summed E-state index contributed by atoms with van der Waals surface area (Å²) in [4.78, 5) is 39.2. The molecule has 0 spiro atoms. The summed E-state index contributed by atoms with van der Waals surface area (Å²) >= 11 is 0. The number of nitrogens with zero attached hydrogens (tertiary/aromatic N) is 1. The molecule has 0 aromatic heterocycles. The molecule has 2 aromatic carbocycles. The molecule has 3 rings (SSSR count). The first-order valence-corrected chi connectivity index (χ1v) is 9.06. The maximum atomic E-state index is 13.0. The minimum atomic E-state index is -0.900. The van der Waals surface area contributed by atoms with Gasteiger partial charge in [0.1, 0.15) is 11.9 Å². The van der Waals surface area contributed by atoms with Crippen LogP contribution in [0, 0.1) is 19.7 Å². The van der Waals surface area contributed by atoms with Crippen molar-refractivity contribution < 1.29 is 18.8 Å². The van der Waals surface area contributed by atoms with Gasteiger partial charge in [0.15, 0.2) is 0 Å². The van der Waals surface area contributed by atoms with Gasteiger partial charge in [0.2, 0.25) is 11.8 Å². The summed E-state index contributed by atoms with van der Waals surface area (Å²) in [6.07, 6.45) is -0.181. The maximum Gasteiger partial charge on any atom is 0.254 e. The van der Waals surface area contributed by atoms with Crippen LogP contribution in [0.3, 0.4) is 0 Å². The van der Waals surface area contributed by atoms with Gasteiger partial charge >= 0.3 is 0 Å². The highest BCUT2D eigenvalue weighted by Gasteiger charge is 2.35. The van der Waals surface area contributed by atoms with E-state index < -0.39 is 17.8 Å². The van der Waals surface area contributed by atoms with E-state index in [0.717, 1.165) is 11.1 Å². The van der Waals surface area contributed by atoms with Crippen LogP contribution in [0.25, 0.3) is 0 Å². The van der Waals surface area contributed by atoms with E-state index >= 15 is 0 Å². The Balaban J connectivity index is 1.75. The first kappa shape index (κ1) is 19.5. The zero-order valence-corrected chi connectivity index (χ0v) is 15.8. The van der Waals surface area contributed by atoms with Gasteiger partial charge in [0.05, 0.1) is 6.42 Å². The van der Waals surface area contributed by atoms with Gasteiger partial charge in [-0.15, -0.1) is 0 Å². The van der Waals surface area contributed by atoms with Crippen LogP contribution in [-0.2, 0) is 9.59 Å². The molecule has 2 aromatic rings. The third-order valence-electron chi connectivity index (χ3n) is 4.85. The van der Waals surface area contributed by atoms with Crippen molar-refractivity contribution in [2.75, 3.05) is 18.4 Å². The highest BCUT2D eigenvalue weighted by molar-refractivity contribution is 6.01. The molecule has 1 aliphatic rings. The summed E-state index contributed by atoms with van der Waals surface area (Å²) in [7, 11) is 0. The molecule has 146 valence electrons. The van der Waals surface area contributed by atoms with Crippen LogP contribution in [0.15, 0.2) is 42.5 Å². The minimum absolute atomic E-state index is 0.181. The third-order valence-corrected chi connectivity index (χ3v) is 4.85. The molecule has 1 atom stereocenters. The second-order valence-electron chi connectivity index (χ2n) is 6.86. The second-order valence-corrected chi connectivity index (χ2v) is 6.86. The zero-order valence-electron chi connectivity index (χ0n) is 15.8. The first-order chi connectivity index (χ1) is 13.3. The van der Waals surface area contributed by atoms with E-state index in [2.05, 4.69) is 10.6 Å². The normalized spacial score (nSPS) is 16.5. The van der Waals surface area contributed by atoms with Gasteiger partial charge in [0.25, 0.3) is 5.91 Å². The van der Waals surface area contributed by atoms with Crippen molar-refractivity contribution in [2.45, 2.75) is 26.3 Å². The Kier molecular flexibility index (Phi) is 5.73. The van der Waals surface area contributed by atoms with Gasteiger partial charge in [-0.25, -0.2) is 4.39 Å². The van der Waals surface area contributed by atoms with E-state index in [9.17, 15) is 18.8 Å². The molecular weight excluding hydrogens is 361 g/mol. The standard InChI is InChI=1S/C21H22FN3O3/c1-13-3-4-15(11-14(13)2)21(28)25-10-9-23-20(27)18(25)12-19(26)24-17-7-5-16(22)6-8-17/h3-8,11,18H,9-10,12H2,1-2H3,(H,23,27)(H,24,26)/t18-/m1/s1. The second kappa shape index (κ2) is 8.21. The van der Waals surface area contributed by atoms with Gasteiger partial charge in [-0.05, 0) is 61.4 Å². The molecule has 6 nitrogen and oxygen atoms in total. The molecule has 1 heterocycles. The van der Waals surface area contributed by atoms with E-state index in [4.69, 9.17) is 0 Å². The van der Waals surface area contributed by atoms with Gasteiger partial charge < -0.3 is 15.5 Å². The minimum Gasteiger partial charge on any atom is -0.353 e. The molecular formula is C21H22FN3O3. The fourth-order valence-corrected chi connectivity index (χ4v) is 3.12. The van der Waals surface area contributed by atoms with Gasteiger partial charge in [0, 0.05) is 24.3 Å². The molecule has 1 aliphatic heterocycles. The lowest BCUT2D eigenvalue weighted by molar-refractivity contribution is -0.131. The number of carbonyl (C=O) groups is 3. The summed E-state index contributed by atoms with van der Waals surface area (Å²) in [5.74, 6) is -1.48. The maximum absolute atomic E-state index is 13.0. The smallest absolute Gasteiger partial charge is 0.254 e. The lowest BCUT2D eigenvalue weighted by atomic mass is 10.0. The molecule has 0 bridgehead atoms. The average molecular weight is 383 g/mol. The predicted octanol–water partition coefficient (Wildman–Crippen LogP) is 2.41. The van der Waals surface area contributed by atoms with Crippen LogP contribution >= 0.6 is 0 Å². The number of rotatable bonds is 4. The van der Waals surface area contributed by atoms with Crippen molar-refractivity contribution in [3.8, 4) is 0 Å². The van der Waals surface area contributed by atoms with Crippen LogP contribution in [0.4, 0.5) is 10.1 Å². The van der Waals surface area contributed by atoms with Crippen molar-refractivity contribution >= 4 is 23.4 Å². The predicted molar refractivity (Wildman–Crippen MR) is 103 cm³/mol. The number of benzene rings is 2. The summed E-state index contributed by atoms with van der Waals surface area (Å²) < 4.78 is 13.0. The van der Waals surface area contributed by atoms with Crippen molar-refractivity contribution in [3.63, 3.8) is 0 Å². The SMILES string of the molecule is Cc1ccc(C(=O)N2CCNC(=O)[C@H]2CC(=O)Nc2ccc(F)cc2)cc1C. The molecule has 0 saturated carbocycles. The van der Waals surface area contributed by atoms with Gasteiger partial charge in [-0.2, -0.15) is 0 Å². The quantitative estimate of drug-likeness (QED) is 0.851. The molecule has 0 aliphatic carbocycles. The van der Waals surface area contributed by atoms with Crippen molar-refractivity contribution in [1.82, 2.24) is 10.2 Å². The largest absolute Gasteiger partial charge is 0.353 e. The Morgan fingerprint density at radius 2 is 1.86 bits per heavy atom. The van der Waals surface area contributed by atoms with Crippen LogP contribution in [0.1, 0.15) is 27.9 Å². The number of hydrogen-bond acceptors (Lipinski definition) is 3. The Bertz CT molecular complexity index is 912. The van der Waals surface area contributed by atoms with E-state index in [1.807, 2.05) is 19.9 Å². The Morgan fingerprint density at radius 1 is 1.14 bits per heavy atom. The number of piperazine rings is 1. The van der Waals surface area contributed by atoms with Crippen molar-refractivity contribution in [2.24, 2.45) is 0 Å². The van der Waals surface area contributed by atoms with E-state index in [-0.39, 0.29) is 18.2 Å². The topological polar surface area (TPSA) is 78.5 Å². The molecule has 3 amide bonds. The summed E-state index contributed by atoms with van der Waals surface area (Å²) in [5, 5.41) is 5.33. The highest BCUT2D eigenvalue weighted by Crippen LogP contribution is 2.18. The average Bonchev–Trinajstić information content (AvgIpc) is 2.67.